The number of fused-ring (bicyclic) bond motifs is 1. The molecular weight excluding hydrogens is 318 g/mol. The molecule has 1 heterocycles. The Morgan fingerprint density at radius 3 is 2.20 bits per heavy atom. The number of aryl methyl sites for hydroxylation is 1. The number of ether oxygens (including phenoxy) is 1. The lowest BCUT2D eigenvalue weighted by Gasteiger charge is -2.26. The molecule has 0 bridgehead atoms. The fourth-order valence-corrected chi connectivity index (χ4v) is 3.09. The van der Waals surface area contributed by atoms with E-state index in [1.165, 1.54) is 0 Å². The molecule has 0 radical (unpaired) electrons. The van der Waals surface area contributed by atoms with E-state index in [0.717, 1.165) is 10.5 Å². The molecule has 3 rings (SSSR count). The highest BCUT2D eigenvalue weighted by atomic mass is 16.6. The van der Waals surface area contributed by atoms with Crippen LogP contribution in [0.2, 0.25) is 0 Å². The predicted octanol–water partition coefficient (Wildman–Crippen LogP) is 3.51. The largest absolute Gasteiger partial charge is 0.443 e. The fourth-order valence-electron chi connectivity index (χ4n) is 3.09. The van der Waals surface area contributed by atoms with Gasteiger partial charge < -0.3 is 9.84 Å². The lowest BCUT2D eigenvalue weighted by Crippen LogP contribution is -2.46. The zero-order valence-electron chi connectivity index (χ0n) is 14.7. The quantitative estimate of drug-likeness (QED) is 0.863. The van der Waals surface area contributed by atoms with Crippen molar-refractivity contribution in [1.29, 1.82) is 0 Å². The first-order valence-electron chi connectivity index (χ1n) is 8.12. The Kier molecular flexibility index (Phi) is 3.92. The molecule has 1 atom stereocenters. The van der Waals surface area contributed by atoms with Crippen LogP contribution in [-0.2, 0) is 15.1 Å². The molecule has 1 N–H and O–H groups in total. The van der Waals surface area contributed by atoms with Crippen molar-refractivity contribution in [3.63, 3.8) is 0 Å². The van der Waals surface area contributed by atoms with Gasteiger partial charge in [0, 0.05) is 11.1 Å². The third-order valence-electron chi connectivity index (χ3n) is 4.16. The van der Waals surface area contributed by atoms with Crippen molar-refractivity contribution in [1.82, 2.24) is 0 Å². The number of amides is 2. The van der Waals surface area contributed by atoms with Gasteiger partial charge >= 0.3 is 6.09 Å². The number of hydrogen-bond acceptors (Lipinski definition) is 4. The van der Waals surface area contributed by atoms with Crippen LogP contribution in [0.4, 0.5) is 10.5 Å². The second-order valence-corrected chi connectivity index (χ2v) is 7.16. The normalized spacial score (nSPS) is 19.7. The Hall–Kier alpha value is -2.66. The second-order valence-electron chi connectivity index (χ2n) is 7.16. The molecule has 0 saturated carbocycles. The molecule has 0 aromatic heterocycles. The summed E-state index contributed by atoms with van der Waals surface area (Å²) in [6, 6.07) is 13.8. The zero-order chi connectivity index (χ0) is 18.4. The van der Waals surface area contributed by atoms with Gasteiger partial charge in [-0.25, -0.2) is 9.69 Å². The van der Waals surface area contributed by atoms with E-state index in [4.69, 9.17) is 4.74 Å². The molecule has 2 aromatic carbocycles. The Labute approximate surface area is 146 Å². The smallest absolute Gasteiger partial charge is 0.421 e. The first-order chi connectivity index (χ1) is 11.7. The number of carbonyl (C=O) groups excluding carboxylic acids is 2. The lowest BCUT2D eigenvalue weighted by atomic mass is 9.85. The van der Waals surface area contributed by atoms with Crippen LogP contribution >= 0.6 is 0 Å². The van der Waals surface area contributed by atoms with Crippen molar-refractivity contribution in [2.24, 2.45) is 0 Å². The maximum atomic E-state index is 13.1. The third-order valence-corrected chi connectivity index (χ3v) is 4.16. The SMILES string of the molecule is Cc1ccccc1[C@]1(O)C(=O)N(C(=O)OC(C)(C)C)c2ccccc21. The summed E-state index contributed by atoms with van der Waals surface area (Å²) in [7, 11) is 0. The summed E-state index contributed by atoms with van der Waals surface area (Å²) < 4.78 is 5.36. The third kappa shape index (κ3) is 2.70. The molecule has 5 nitrogen and oxygen atoms in total. The maximum absolute atomic E-state index is 13.1. The van der Waals surface area contributed by atoms with Crippen LogP contribution in [0.15, 0.2) is 48.5 Å². The molecule has 0 fully saturated rings. The molecule has 2 amide bonds. The standard InChI is InChI=1S/C20H21NO4/c1-13-9-5-6-10-14(13)20(24)15-11-7-8-12-16(15)21(17(20)22)18(23)25-19(2,3)4/h5-12,24H,1-4H3/t20-/m1/s1. The van der Waals surface area contributed by atoms with E-state index in [-0.39, 0.29) is 0 Å². The molecule has 1 aliphatic rings. The van der Waals surface area contributed by atoms with E-state index in [0.29, 0.717) is 16.8 Å². The van der Waals surface area contributed by atoms with Gasteiger partial charge in [-0.2, -0.15) is 0 Å². The number of anilines is 1. The zero-order valence-corrected chi connectivity index (χ0v) is 14.7. The van der Waals surface area contributed by atoms with Crippen LogP contribution in [-0.4, -0.2) is 22.7 Å². The number of hydrogen-bond donors (Lipinski definition) is 1. The number of carbonyl (C=O) groups is 2. The average molecular weight is 339 g/mol. The fraction of sp³-hybridized carbons (Fsp3) is 0.300. The van der Waals surface area contributed by atoms with Gasteiger partial charge in [-0.15, -0.1) is 0 Å². The summed E-state index contributed by atoms with van der Waals surface area (Å²) in [6.07, 6.45) is -0.797. The monoisotopic (exact) mass is 339 g/mol. The number of nitrogens with zero attached hydrogens (tertiary/aromatic N) is 1. The van der Waals surface area contributed by atoms with Crippen molar-refractivity contribution < 1.29 is 19.4 Å². The van der Waals surface area contributed by atoms with Gasteiger partial charge in [0.1, 0.15) is 5.60 Å². The minimum atomic E-state index is -1.92. The minimum Gasteiger partial charge on any atom is -0.443 e. The Balaban J connectivity index is 2.17. The van der Waals surface area contributed by atoms with E-state index in [9.17, 15) is 14.7 Å². The van der Waals surface area contributed by atoms with Gasteiger partial charge in [0.15, 0.2) is 5.60 Å². The van der Waals surface area contributed by atoms with Crippen molar-refractivity contribution in [3.05, 3.63) is 65.2 Å². The summed E-state index contributed by atoms with van der Waals surface area (Å²) in [5, 5.41) is 11.4. The molecule has 1 aliphatic heterocycles. The molecule has 0 aliphatic carbocycles. The average Bonchev–Trinajstić information content (AvgIpc) is 2.75. The van der Waals surface area contributed by atoms with E-state index < -0.39 is 23.2 Å². The first kappa shape index (κ1) is 17.2. The van der Waals surface area contributed by atoms with Gasteiger partial charge in [0.05, 0.1) is 5.69 Å². The molecule has 5 heteroatoms. The Morgan fingerprint density at radius 1 is 1.04 bits per heavy atom. The topological polar surface area (TPSA) is 66.8 Å². The summed E-state index contributed by atoms with van der Waals surface area (Å²) in [5.41, 5.74) is -0.737. The Bertz CT molecular complexity index is 853. The highest BCUT2D eigenvalue weighted by molar-refractivity contribution is 6.21. The van der Waals surface area contributed by atoms with E-state index >= 15 is 0 Å². The number of rotatable bonds is 1. The minimum absolute atomic E-state index is 0.340. The Morgan fingerprint density at radius 2 is 1.60 bits per heavy atom. The van der Waals surface area contributed by atoms with Crippen LogP contribution < -0.4 is 4.90 Å². The summed E-state index contributed by atoms with van der Waals surface area (Å²) in [6.45, 7) is 7.00. The van der Waals surface area contributed by atoms with E-state index in [1.807, 2.05) is 19.1 Å². The molecule has 0 unspecified atom stereocenters. The van der Waals surface area contributed by atoms with Crippen LogP contribution in [0, 0.1) is 6.92 Å². The van der Waals surface area contributed by atoms with Gasteiger partial charge in [0.25, 0.3) is 5.91 Å². The molecule has 130 valence electrons. The van der Waals surface area contributed by atoms with Crippen molar-refractivity contribution in [2.75, 3.05) is 4.90 Å². The summed E-state index contributed by atoms with van der Waals surface area (Å²) >= 11 is 0. The van der Waals surface area contributed by atoms with Gasteiger partial charge in [-0.1, -0.05) is 42.5 Å². The van der Waals surface area contributed by atoms with Gasteiger partial charge in [0.2, 0.25) is 0 Å². The second kappa shape index (κ2) is 5.70. The number of benzene rings is 2. The molecule has 0 spiro atoms. The molecule has 25 heavy (non-hydrogen) atoms. The van der Waals surface area contributed by atoms with Gasteiger partial charge in [-0.3, -0.25) is 4.79 Å². The molecule has 0 saturated heterocycles. The number of aliphatic hydroxyl groups is 1. The number of imide groups is 1. The van der Waals surface area contributed by atoms with E-state index in [2.05, 4.69) is 0 Å². The summed E-state index contributed by atoms with van der Waals surface area (Å²) in [4.78, 5) is 26.7. The highest BCUT2D eigenvalue weighted by Crippen LogP contribution is 2.45. The summed E-state index contributed by atoms with van der Waals surface area (Å²) in [5.74, 6) is -0.725. The van der Waals surface area contributed by atoms with Crippen LogP contribution in [0.1, 0.15) is 37.5 Å². The highest BCUT2D eigenvalue weighted by Gasteiger charge is 2.54. The van der Waals surface area contributed by atoms with Crippen LogP contribution in [0.25, 0.3) is 0 Å². The molecule has 2 aromatic rings. The first-order valence-corrected chi connectivity index (χ1v) is 8.12. The lowest BCUT2D eigenvalue weighted by molar-refractivity contribution is -0.132. The van der Waals surface area contributed by atoms with Crippen LogP contribution in [0.5, 0.6) is 0 Å². The van der Waals surface area contributed by atoms with Crippen molar-refractivity contribution >= 4 is 17.7 Å². The molecular formula is C20H21NO4. The van der Waals surface area contributed by atoms with Gasteiger partial charge in [-0.05, 0) is 39.3 Å². The number of para-hydroxylation sites is 1. The van der Waals surface area contributed by atoms with Crippen LogP contribution in [0.3, 0.4) is 0 Å². The predicted molar refractivity (Wildman–Crippen MR) is 94.3 cm³/mol. The van der Waals surface area contributed by atoms with E-state index in [1.54, 1.807) is 57.2 Å². The maximum Gasteiger partial charge on any atom is 0.421 e. The van der Waals surface area contributed by atoms with Crippen molar-refractivity contribution in [2.45, 2.75) is 38.9 Å². The van der Waals surface area contributed by atoms with Crippen molar-refractivity contribution in [3.8, 4) is 0 Å².